The highest BCUT2D eigenvalue weighted by atomic mass is 35.5. The average Bonchev–Trinajstić information content (AvgIpc) is 2.38. The van der Waals surface area contributed by atoms with Crippen LogP contribution < -0.4 is 5.32 Å². The fourth-order valence-corrected chi connectivity index (χ4v) is 1.77. The van der Waals surface area contributed by atoms with Crippen molar-refractivity contribution in [1.82, 2.24) is 9.97 Å². The minimum Gasteiger partial charge on any atom is -0.290 e. The number of benzene rings is 1. The van der Waals surface area contributed by atoms with Gasteiger partial charge in [-0.1, -0.05) is 17.7 Å². The van der Waals surface area contributed by atoms with Crippen LogP contribution in [-0.4, -0.2) is 20.8 Å². The van der Waals surface area contributed by atoms with Gasteiger partial charge < -0.3 is 0 Å². The fourth-order valence-electron chi connectivity index (χ4n) is 1.63. The Balaban J connectivity index is 2.30. The minimum atomic E-state index is -0.540. The van der Waals surface area contributed by atoms with Crippen LogP contribution in [0.15, 0.2) is 30.5 Å². The van der Waals surface area contributed by atoms with Gasteiger partial charge in [-0.3, -0.25) is 20.2 Å². The molecule has 102 valence electrons. The number of amides is 1. The molecule has 0 radical (unpaired) electrons. The quantitative estimate of drug-likeness (QED) is 0.532. The number of hydrogen-bond acceptors (Lipinski definition) is 5. The molecule has 2 aromatic rings. The summed E-state index contributed by atoms with van der Waals surface area (Å²) < 4.78 is 0. The molecule has 7 nitrogen and oxygen atoms in total. The van der Waals surface area contributed by atoms with Gasteiger partial charge in [0.15, 0.2) is 0 Å². The summed E-state index contributed by atoms with van der Waals surface area (Å²) in [5, 5.41) is 13.5. The molecular weight excluding hydrogens is 284 g/mol. The average molecular weight is 293 g/mol. The highest BCUT2D eigenvalue weighted by molar-refractivity contribution is 6.29. The summed E-state index contributed by atoms with van der Waals surface area (Å²) in [4.78, 5) is 30.0. The Morgan fingerprint density at radius 1 is 1.40 bits per heavy atom. The number of aromatic nitrogens is 2. The number of nitro benzene ring substituents is 1. The second-order valence-corrected chi connectivity index (χ2v) is 4.25. The molecule has 0 bridgehead atoms. The Morgan fingerprint density at radius 2 is 2.15 bits per heavy atom. The molecule has 1 N–H and O–H groups in total. The van der Waals surface area contributed by atoms with E-state index in [0.29, 0.717) is 0 Å². The zero-order valence-corrected chi connectivity index (χ0v) is 11.1. The number of carbonyl (C=O) groups is 1. The van der Waals surface area contributed by atoms with Gasteiger partial charge in [-0.15, -0.1) is 0 Å². The topological polar surface area (TPSA) is 98.0 Å². The summed E-state index contributed by atoms with van der Waals surface area (Å²) in [6, 6.07) is 5.74. The number of hydrogen-bond donors (Lipinski definition) is 1. The largest absolute Gasteiger partial charge is 0.290 e. The van der Waals surface area contributed by atoms with Gasteiger partial charge in [-0.05, 0) is 19.1 Å². The Hall–Kier alpha value is -2.54. The van der Waals surface area contributed by atoms with Crippen LogP contribution in [-0.2, 0) is 0 Å². The Labute approximate surface area is 118 Å². The van der Waals surface area contributed by atoms with E-state index in [4.69, 9.17) is 11.6 Å². The molecule has 0 aliphatic rings. The molecule has 0 spiro atoms. The normalized spacial score (nSPS) is 10.1. The van der Waals surface area contributed by atoms with Gasteiger partial charge in [0.05, 0.1) is 4.92 Å². The Morgan fingerprint density at radius 3 is 2.80 bits per heavy atom. The molecule has 0 saturated carbocycles. The first-order chi connectivity index (χ1) is 9.49. The number of rotatable bonds is 3. The van der Waals surface area contributed by atoms with E-state index >= 15 is 0 Å². The van der Waals surface area contributed by atoms with E-state index in [9.17, 15) is 14.9 Å². The second-order valence-electron chi connectivity index (χ2n) is 3.86. The molecule has 8 heteroatoms. The number of anilines is 1. The molecule has 1 amide bonds. The predicted molar refractivity (Wildman–Crippen MR) is 72.8 cm³/mol. The molecule has 0 saturated heterocycles. The van der Waals surface area contributed by atoms with Gasteiger partial charge in [0.2, 0.25) is 5.95 Å². The molecule has 0 atom stereocenters. The van der Waals surface area contributed by atoms with Crippen molar-refractivity contribution in [2.24, 2.45) is 0 Å². The summed E-state index contributed by atoms with van der Waals surface area (Å²) in [5.74, 6) is -0.498. The third-order valence-corrected chi connectivity index (χ3v) is 2.80. The Bertz CT molecular complexity index is 690. The number of carbonyl (C=O) groups excluding carboxylic acids is 1. The van der Waals surface area contributed by atoms with E-state index in [-0.39, 0.29) is 27.9 Å². The van der Waals surface area contributed by atoms with E-state index in [1.807, 2.05) is 0 Å². The van der Waals surface area contributed by atoms with Crippen molar-refractivity contribution in [2.45, 2.75) is 6.92 Å². The van der Waals surface area contributed by atoms with Gasteiger partial charge in [0.1, 0.15) is 5.15 Å². The molecule has 1 aromatic heterocycles. The molecule has 20 heavy (non-hydrogen) atoms. The van der Waals surface area contributed by atoms with Gasteiger partial charge in [0.25, 0.3) is 11.6 Å². The minimum absolute atomic E-state index is 0.0356. The van der Waals surface area contributed by atoms with E-state index in [1.165, 1.54) is 37.4 Å². The zero-order chi connectivity index (χ0) is 14.7. The standard InChI is InChI=1S/C12H9ClN4O3/c1-7-8(3-2-4-9(7)17(19)20)11(18)16-12-14-6-5-10(13)15-12/h2-6H,1H3,(H,14,15,16,18). The number of nitrogens with one attached hydrogen (secondary N) is 1. The molecule has 0 aliphatic carbocycles. The monoisotopic (exact) mass is 292 g/mol. The van der Waals surface area contributed by atoms with Crippen LogP contribution in [0.25, 0.3) is 0 Å². The number of nitrogens with zero attached hydrogens (tertiary/aromatic N) is 3. The van der Waals surface area contributed by atoms with Crippen molar-refractivity contribution in [1.29, 1.82) is 0 Å². The van der Waals surface area contributed by atoms with Crippen molar-refractivity contribution in [2.75, 3.05) is 5.32 Å². The fraction of sp³-hybridized carbons (Fsp3) is 0.0833. The third kappa shape index (κ3) is 2.89. The molecule has 1 heterocycles. The lowest BCUT2D eigenvalue weighted by Crippen LogP contribution is -2.16. The van der Waals surface area contributed by atoms with Crippen LogP contribution in [0.5, 0.6) is 0 Å². The highest BCUT2D eigenvalue weighted by Gasteiger charge is 2.18. The van der Waals surface area contributed by atoms with Crippen LogP contribution in [0.1, 0.15) is 15.9 Å². The van der Waals surface area contributed by atoms with Crippen molar-refractivity contribution in [3.05, 3.63) is 56.9 Å². The van der Waals surface area contributed by atoms with E-state index in [0.717, 1.165) is 0 Å². The lowest BCUT2D eigenvalue weighted by Gasteiger charge is -2.06. The first-order valence-electron chi connectivity index (χ1n) is 5.53. The third-order valence-electron chi connectivity index (χ3n) is 2.59. The zero-order valence-electron chi connectivity index (χ0n) is 10.3. The van der Waals surface area contributed by atoms with Gasteiger partial charge in [0, 0.05) is 23.4 Å². The van der Waals surface area contributed by atoms with Crippen molar-refractivity contribution in [3.8, 4) is 0 Å². The number of nitro groups is 1. The smallest absolute Gasteiger partial charge is 0.273 e. The molecule has 0 fully saturated rings. The van der Waals surface area contributed by atoms with Gasteiger partial charge in [-0.25, -0.2) is 9.97 Å². The molecule has 0 aliphatic heterocycles. The van der Waals surface area contributed by atoms with Crippen LogP contribution in [0.3, 0.4) is 0 Å². The maximum absolute atomic E-state index is 12.1. The lowest BCUT2D eigenvalue weighted by atomic mass is 10.1. The first kappa shape index (κ1) is 13.9. The second kappa shape index (κ2) is 5.62. The van der Waals surface area contributed by atoms with Crippen LogP contribution in [0.4, 0.5) is 11.6 Å². The van der Waals surface area contributed by atoms with Crippen molar-refractivity contribution in [3.63, 3.8) is 0 Å². The summed E-state index contributed by atoms with van der Waals surface area (Å²) in [6.45, 7) is 1.51. The van der Waals surface area contributed by atoms with Crippen LogP contribution in [0.2, 0.25) is 5.15 Å². The van der Waals surface area contributed by atoms with Gasteiger partial charge >= 0.3 is 0 Å². The SMILES string of the molecule is Cc1c(C(=O)Nc2nccc(Cl)n2)cccc1[N+](=O)[O-]. The summed E-state index contributed by atoms with van der Waals surface area (Å²) in [7, 11) is 0. The summed E-state index contributed by atoms with van der Waals surface area (Å²) >= 11 is 5.68. The highest BCUT2D eigenvalue weighted by Crippen LogP contribution is 2.21. The number of halogens is 1. The molecule has 0 unspecified atom stereocenters. The summed E-state index contributed by atoms with van der Waals surface area (Å²) in [5.41, 5.74) is 0.337. The maximum Gasteiger partial charge on any atom is 0.273 e. The van der Waals surface area contributed by atoms with Crippen LogP contribution >= 0.6 is 11.6 Å². The van der Waals surface area contributed by atoms with Gasteiger partial charge in [-0.2, -0.15) is 0 Å². The molecule has 1 aromatic carbocycles. The molecule has 2 rings (SSSR count). The van der Waals surface area contributed by atoms with E-state index in [2.05, 4.69) is 15.3 Å². The summed E-state index contributed by atoms with van der Waals surface area (Å²) in [6.07, 6.45) is 1.39. The van der Waals surface area contributed by atoms with Crippen LogP contribution in [0, 0.1) is 17.0 Å². The van der Waals surface area contributed by atoms with Crippen molar-refractivity contribution >= 4 is 29.1 Å². The lowest BCUT2D eigenvalue weighted by molar-refractivity contribution is -0.385. The maximum atomic E-state index is 12.1. The first-order valence-corrected chi connectivity index (χ1v) is 5.90. The predicted octanol–water partition coefficient (Wildman–Crippen LogP) is 2.60. The Kier molecular flexibility index (Phi) is 3.90. The van der Waals surface area contributed by atoms with Crippen molar-refractivity contribution < 1.29 is 9.72 Å². The molecular formula is C12H9ClN4O3. The van der Waals surface area contributed by atoms with E-state index in [1.54, 1.807) is 0 Å². The van der Waals surface area contributed by atoms with E-state index < -0.39 is 10.8 Å².